The second kappa shape index (κ2) is 4.39. The van der Waals surface area contributed by atoms with Crippen molar-refractivity contribution < 1.29 is 4.74 Å². The Morgan fingerprint density at radius 1 is 1.43 bits per heavy atom. The van der Waals surface area contributed by atoms with E-state index in [4.69, 9.17) is 10.5 Å². The number of nitrogens with two attached hydrogens (primary N) is 1. The van der Waals surface area contributed by atoms with Crippen molar-refractivity contribution in [2.75, 3.05) is 18.5 Å². The Balaban J connectivity index is 1.96. The lowest BCUT2D eigenvalue weighted by Gasteiger charge is -2.30. The summed E-state index contributed by atoms with van der Waals surface area (Å²) in [6.07, 6.45) is 4.50. The lowest BCUT2D eigenvalue weighted by atomic mass is 10.0. The first-order chi connectivity index (χ1) is 6.86. The Hall–Kier alpha value is -1.13. The molecule has 0 spiro atoms. The smallest absolute Gasteiger partial charge is 0.0637 e. The molecule has 0 saturated carbocycles. The summed E-state index contributed by atoms with van der Waals surface area (Å²) in [4.78, 5) is 3.96. The number of nitrogens with zero attached hydrogens (tertiary/aromatic N) is 1. The number of rotatable bonds is 2. The largest absolute Gasteiger partial charge is 0.380 e. The fourth-order valence-electron chi connectivity index (χ4n) is 1.60. The number of hydrogen-bond donors (Lipinski definition) is 2. The first-order valence-corrected chi connectivity index (χ1v) is 4.86. The van der Waals surface area contributed by atoms with Crippen molar-refractivity contribution in [3.05, 3.63) is 24.5 Å². The molecule has 2 atom stereocenters. The van der Waals surface area contributed by atoms with Gasteiger partial charge in [-0.2, -0.15) is 0 Å². The van der Waals surface area contributed by atoms with Crippen LogP contribution < -0.4 is 11.1 Å². The van der Waals surface area contributed by atoms with Gasteiger partial charge in [-0.3, -0.25) is 4.98 Å². The Morgan fingerprint density at radius 3 is 2.93 bits per heavy atom. The predicted octanol–water partition coefficient (Wildman–Crippen LogP) is 0.610. The number of nitrogens with one attached hydrogen (secondary N) is 1. The van der Waals surface area contributed by atoms with Crippen molar-refractivity contribution in [2.45, 2.75) is 18.5 Å². The van der Waals surface area contributed by atoms with Crippen LogP contribution in [0, 0.1) is 0 Å². The van der Waals surface area contributed by atoms with Gasteiger partial charge in [0.05, 0.1) is 6.61 Å². The topological polar surface area (TPSA) is 60.2 Å². The summed E-state index contributed by atoms with van der Waals surface area (Å²) >= 11 is 0. The van der Waals surface area contributed by atoms with E-state index < -0.39 is 0 Å². The van der Waals surface area contributed by atoms with Crippen LogP contribution in [0.5, 0.6) is 0 Å². The first kappa shape index (κ1) is 9.43. The van der Waals surface area contributed by atoms with Crippen LogP contribution in [0.3, 0.4) is 0 Å². The van der Waals surface area contributed by atoms with E-state index in [0.717, 1.165) is 18.7 Å². The standard InChI is InChI=1S/C10H15N3O/c11-9-7-14-6-3-10(9)13-8-1-4-12-5-2-8/h1-2,4-5,9-10H,3,6-7,11H2,(H,12,13). The zero-order valence-electron chi connectivity index (χ0n) is 8.02. The van der Waals surface area contributed by atoms with E-state index in [1.807, 2.05) is 12.1 Å². The summed E-state index contributed by atoms with van der Waals surface area (Å²) in [6, 6.07) is 4.28. The predicted molar refractivity (Wildman–Crippen MR) is 55.1 cm³/mol. The summed E-state index contributed by atoms with van der Waals surface area (Å²) in [5.41, 5.74) is 7.00. The molecule has 1 aromatic heterocycles. The van der Waals surface area contributed by atoms with Crippen LogP contribution in [0.15, 0.2) is 24.5 Å². The zero-order chi connectivity index (χ0) is 9.80. The summed E-state index contributed by atoms with van der Waals surface area (Å²) in [5, 5.41) is 3.39. The molecule has 1 aliphatic rings. The molecule has 2 heterocycles. The molecular weight excluding hydrogens is 178 g/mol. The van der Waals surface area contributed by atoms with Gasteiger partial charge in [0.1, 0.15) is 0 Å². The SMILES string of the molecule is NC1COCCC1Nc1ccncc1. The summed E-state index contributed by atoms with van der Waals surface area (Å²) in [7, 11) is 0. The molecule has 2 rings (SSSR count). The molecule has 1 aromatic rings. The molecule has 2 unspecified atom stereocenters. The van der Waals surface area contributed by atoms with E-state index in [-0.39, 0.29) is 6.04 Å². The molecule has 4 nitrogen and oxygen atoms in total. The minimum absolute atomic E-state index is 0.0805. The van der Waals surface area contributed by atoms with Crippen molar-refractivity contribution in [1.82, 2.24) is 4.98 Å². The molecule has 14 heavy (non-hydrogen) atoms. The number of pyridine rings is 1. The first-order valence-electron chi connectivity index (χ1n) is 4.86. The Bertz CT molecular complexity index is 278. The molecule has 1 aliphatic heterocycles. The van der Waals surface area contributed by atoms with Crippen LogP contribution in [0.4, 0.5) is 5.69 Å². The molecular formula is C10H15N3O. The highest BCUT2D eigenvalue weighted by Gasteiger charge is 2.21. The van der Waals surface area contributed by atoms with Crippen molar-refractivity contribution in [2.24, 2.45) is 5.73 Å². The highest BCUT2D eigenvalue weighted by molar-refractivity contribution is 5.42. The van der Waals surface area contributed by atoms with E-state index in [1.165, 1.54) is 0 Å². The van der Waals surface area contributed by atoms with Crippen LogP contribution in [0.1, 0.15) is 6.42 Å². The highest BCUT2D eigenvalue weighted by Crippen LogP contribution is 2.13. The number of aromatic nitrogens is 1. The maximum absolute atomic E-state index is 5.92. The van der Waals surface area contributed by atoms with Gasteiger partial charge in [-0.25, -0.2) is 0 Å². The fourth-order valence-corrected chi connectivity index (χ4v) is 1.60. The molecule has 1 saturated heterocycles. The average Bonchev–Trinajstić information content (AvgIpc) is 2.23. The van der Waals surface area contributed by atoms with E-state index in [1.54, 1.807) is 12.4 Å². The van der Waals surface area contributed by atoms with E-state index >= 15 is 0 Å². The molecule has 0 radical (unpaired) electrons. The zero-order valence-corrected chi connectivity index (χ0v) is 8.02. The number of hydrogen-bond acceptors (Lipinski definition) is 4. The Morgan fingerprint density at radius 2 is 2.21 bits per heavy atom. The van der Waals surface area contributed by atoms with Crippen molar-refractivity contribution >= 4 is 5.69 Å². The summed E-state index contributed by atoms with van der Waals surface area (Å²) < 4.78 is 5.27. The van der Waals surface area contributed by atoms with Crippen LogP contribution in [0.25, 0.3) is 0 Å². The average molecular weight is 193 g/mol. The van der Waals surface area contributed by atoms with Gasteiger partial charge >= 0.3 is 0 Å². The van der Waals surface area contributed by atoms with Gasteiger partial charge in [-0.1, -0.05) is 0 Å². The third kappa shape index (κ3) is 2.21. The van der Waals surface area contributed by atoms with E-state index in [2.05, 4.69) is 10.3 Å². The van der Waals surface area contributed by atoms with Crippen molar-refractivity contribution in [3.63, 3.8) is 0 Å². The molecule has 0 amide bonds. The lowest BCUT2D eigenvalue weighted by molar-refractivity contribution is 0.0752. The molecule has 76 valence electrons. The van der Waals surface area contributed by atoms with Crippen LogP contribution in [-0.4, -0.2) is 30.3 Å². The van der Waals surface area contributed by atoms with Crippen LogP contribution in [-0.2, 0) is 4.74 Å². The summed E-state index contributed by atoms with van der Waals surface area (Å²) in [6.45, 7) is 1.43. The summed E-state index contributed by atoms with van der Waals surface area (Å²) in [5.74, 6) is 0. The van der Waals surface area contributed by atoms with Gasteiger partial charge in [0, 0.05) is 36.8 Å². The Labute approximate surface area is 83.5 Å². The van der Waals surface area contributed by atoms with Gasteiger partial charge in [-0.05, 0) is 18.6 Å². The number of ether oxygens (including phenoxy) is 1. The quantitative estimate of drug-likeness (QED) is 0.722. The second-order valence-corrected chi connectivity index (χ2v) is 3.51. The van der Waals surface area contributed by atoms with E-state index in [0.29, 0.717) is 12.6 Å². The molecule has 3 N–H and O–H groups in total. The maximum atomic E-state index is 5.92. The van der Waals surface area contributed by atoms with Gasteiger partial charge in [0.25, 0.3) is 0 Å². The molecule has 1 fully saturated rings. The second-order valence-electron chi connectivity index (χ2n) is 3.51. The highest BCUT2D eigenvalue weighted by atomic mass is 16.5. The minimum Gasteiger partial charge on any atom is -0.380 e. The van der Waals surface area contributed by atoms with Crippen LogP contribution in [0.2, 0.25) is 0 Å². The third-order valence-corrected chi connectivity index (χ3v) is 2.43. The van der Waals surface area contributed by atoms with Gasteiger partial charge < -0.3 is 15.8 Å². The van der Waals surface area contributed by atoms with Gasteiger partial charge in [-0.15, -0.1) is 0 Å². The molecule has 0 bridgehead atoms. The van der Waals surface area contributed by atoms with Crippen molar-refractivity contribution in [3.8, 4) is 0 Å². The molecule has 0 aliphatic carbocycles. The minimum atomic E-state index is 0.0805. The monoisotopic (exact) mass is 193 g/mol. The maximum Gasteiger partial charge on any atom is 0.0637 e. The van der Waals surface area contributed by atoms with Gasteiger partial charge in [0.2, 0.25) is 0 Å². The van der Waals surface area contributed by atoms with E-state index in [9.17, 15) is 0 Å². The molecule has 0 aromatic carbocycles. The third-order valence-electron chi connectivity index (χ3n) is 2.43. The van der Waals surface area contributed by atoms with Crippen molar-refractivity contribution in [1.29, 1.82) is 0 Å². The molecule has 4 heteroatoms. The number of anilines is 1. The van der Waals surface area contributed by atoms with Gasteiger partial charge in [0.15, 0.2) is 0 Å². The lowest BCUT2D eigenvalue weighted by Crippen LogP contribution is -2.47. The fraction of sp³-hybridized carbons (Fsp3) is 0.500. The Kier molecular flexibility index (Phi) is 2.96. The van der Waals surface area contributed by atoms with Crippen LogP contribution >= 0.6 is 0 Å². The normalized spacial score (nSPS) is 27.2.